The number of aliphatic hydroxyl groups excluding tert-OH is 2. The Bertz CT molecular complexity index is 769. The number of benzene rings is 2. The lowest BCUT2D eigenvalue weighted by Crippen LogP contribution is -2.23. The number of allylic oxidation sites excluding steroid dienone is 1. The van der Waals surface area contributed by atoms with Crippen molar-refractivity contribution in [2.45, 2.75) is 33.0 Å². The van der Waals surface area contributed by atoms with E-state index in [-0.39, 0.29) is 17.8 Å². The zero-order valence-electron chi connectivity index (χ0n) is 16.6. The van der Waals surface area contributed by atoms with Crippen LogP contribution >= 0.6 is 0 Å². The van der Waals surface area contributed by atoms with Gasteiger partial charge in [0.25, 0.3) is 0 Å². The van der Waals surface area contributed by atoms with Crippen molar-refractivity contribution in [2.75, 3.05) is 13.2 Å². The fraction of sp³-hybridized carbons (Fsp3) is 0.417. The van der Waals surface area contributed by atoms with E-state index < -0.39 is 6.10 Å². The van der Waals surface area contributed by atoms with Crippen LogP contribution in [0.1, 0.15) is 37.5 Å². The number of hydrogen-bond acceptors (Lipinski definition) is 4. The van der Waals surface area contributed by atoms with Gasteiger partial charge in [-0.05, 0) is 47.6 Å². The summed E-state index contributed by atoms with van der Waals surface area (Å²) in [5.41, 5.74) is 1.99. The highest BCUT2D eigenvalue weighted by atomic mass is 16.5. The van der Waals surface area contributed by atoms with Gasteiger partial charge in [0, 0.05) is 0 Å². The third kappa shape index (κ3) is 5.37. The van der Waals surface area contributed by atoms with Gasteiger partial charge in [-0.1, -0.05) is 56.3 Å². The van der Waals surface area contributed by atoms with Crippen molar-refractivity contribution in [3.05, 3.63) is 77.6 Å². The van der Waals surface area contributed by atoms with Crippen LogP contribution in [0, 0.1) is 17.8 Å². The summed E-state index contributed by atoms with van der Waals surface area (Å²) in [6.45, 7) is 5.51. The lowest BCUT2D eigenvalue weighted by atomic mass is 9.96. The Labute approximate surface area is 167 Å². The molecule has 1 unspecified atom stereocenters. The Balaban J connectivity index is 1.53. The van der Waals surface area contributed by atoms with Gasteiger partial charge in [0.2, 0.25) is 0 Å². The lowest BCUT2D eigenvalue weighted by molar-refractivity contribution is 0.0598. The number of hydrogen-bond donors (Lipinski definition) is 2. The van der Waals surface area contributed by atoms with Gasteiger partial charge in [-0.15, -0.1) is 0 Å². The molecule has 2 aromatic rings. The molecular formula is C24H30O4. The molecule has 0 fully saturated rings. The Hall–Kier alpha value is -2.30. The summed E-state index contributed by atoms with van der Waals surface area (Å²) >= 11 is 0. The van der Waals surface area contributed by atoms with Crippen LogP contribution in [0.25, 0.3) is 0 Å². The second-order valence-electron chi connectivity index (χ2n) is 7.80. The quantitative estimate of drug-likeness (QED) is 0.637. The molecule has 2 aromatic carbocycles. The number of rotatable bonds is 9. The minimum Gasteiger partial charge on any atom is -0.512 e. The summed E-state index contributed by atoms with van der Waals surface area (Å²) in [6.07, 6.45) is 2.15. The van der Waals surface area contributed by atoms with Gasteiger partial charge in [0.05, 0.1) is 37.6 Å². The van der Waals surface area contributed by atoms with Crippen LogP contribution in [-0.2, 0) is 11.3 Å². The van der Waals surface area contributed by atoms with Crippen LogP contribution in [-0.4, -0.2) is 23.4 Å². The molecule has 0 radical (unpaired) electrons. The monoisotopic (exact) mass is 382 g/mol. The Morgan fingerprint density at radius 3 is 2.57 bits per heavy atom. The van der Waals surface area contributed by atoms with E-state index in [1.165, 1.54) is 0 Å². The molecule has 28 heavy (non-hydrogen) atoms. The molecule has 4 heteroatoms. The Morgan fingerprint density at radius 1 is 1.04 bits per heavy atom. The first kappa shape index (κ1) is 20.4. The Morgan fingerprint density at radius 2 is 1.82 bits per heavy atom. The van der Waals surface area contributed by atoms with Crippen LogP contribution < -0.4 is 4.74 Å². The first-order valence-electron chi connectivity index (χ1n) is 9.96. The van der Waals surface area contributed by atoms with Crippen molar-refractivity contribution in [1.29, 1.82) is 0 Å². The van der Waals surface area contributed by atoms with E-state index in [1.807, 2.05) is 74.5 Å². The average Bonchev–Trinajstić information content (AvgIpc) is 3.06. The first-order chi connectivity index (χ1) is 13.5. The summed E-state index contributed by atoms with van der Waals surface area (Å²) < 4.78 is 11.8. The molecule has 0 aliphatic heterocycles. The average molecular weight is 383 g/mol. The summed E-state index contributed by atoms with van der Waals surface area (Å²) in [5.74, 6) is 1.36. The summed E-state index contributed by atoms with van der Waals surface area (Å²) in [4.78, 5) is 0. The van der Waals surface area contributed by atoms with Gasteiger partial charge in [0.15, 0.2) is 0 Å². The molecule has 1 aliphatic carbocycles. The third-order valence-corrected chi connectivity index (χ3v) is 5.28. The molecule has 0 saturated heterocycles. The molecule has 0 saturated carbocycles. The van der Waals surface area contributed by atoms with Crippen molar-refractivity contribution in [3.8, 4) is 5.75 Å². The number of ether oxygens (including phenoxy) is 2. The second kappa shape index (κ2) is 9.76. The minimum absolute atomic E-state index is 0.0746. The van der Waals surface area contributed by atoms with Gasteiger partial charge in [0.1, 0.15) is 5.75 Å². The highest BCUT2D eigenvalue weighted by molar-refractivity contribution is 5.30. The lowest BCUT2D eigenvalue weighted by Gasteiger charge is -2.22. The predicted molar refractivity (Wildman–Crippen MR) is 110 cm³/mol. The van der Waals surface area contributed by atoms with Crippen LogP contribution in [0.3, 0.4) is 0 Å². The first-order valence-corrected chi connectivity index (χ1v) is 9.96. The van der Waals surface area contributed by atoms with Gasteiger partial charge in [-0.3, -0.25) is 0 Å². The van der Waals surface area contributed by atoms with E-state index in [9.17, 15) is 10.2 Å². The predicted octanol–water partition coefficient (Wildman–Crippen LogP) is 5.05. The molecule has 3 rings (SSSR count). The van der Waals surface area contributed by atoms with E-state index in [0.29, 0.717) is 31.3 Å². The number of aliphatic hydroxyl groups is 2. The van der Waals surface area contributed by atoms with Gasteiger partial charge >= 0.3 is 0 Å². The molecule has 2 N–H and O–H groups in total. The Kier molecular flexibility index (Phi) is 7.12. The molecule has 3 atom stereocenters. The van der Waals surface area contributed by atoms with Crippen molar-refractivity contribution in [3.63, 3.8) is 0 Å². The summed E-state index contributed by atoms with van der Waals surface area (Å²) in [6, 6.07) is 17.6. The van der Waals surface area contributed by atoms with Crippen molar-refractivity contribution in [1.82, 2.24) is 0 Å². The maximum absolute atomic E-state index is 10.3. The molecule has 0 spiro atoms. The highest BCUT2D eigenvalue weighted by Crippen LogP contribution is 2.32. The molecule has 0 amide bonds. The molecular weight excluding hydrogens is 352 g/mol. The highest BCUT2D eigenvalue weighted by Gasteiger charge is 2.30. The van der Waals surface area contributed by atoms with Crippen molar-refractivity contribution >= 4 is 0 Å². The molecule has 150 valence electrons. The minimum atomic E-state index is -0.512. The van der Waals surface area contributed by atoms with Crippen LogP contribution in [0.4, 0.5) is 0 Å². The van der Waals surface area contributed by atoms with E-state index in [1.54, 1.807) is 0 Å². The maximum Gasteiger partial charge on any atom is 0.119 e. The van der Waals surface area contributed by atoms with Crippen molar-refractivity contribution in [2.24, 2.45) is 17.8 Å². The normalized spacial score (nSPS) is 20.2. The zero-order chi connectivity index (χ0) is 19.9. The third-order valence-electron chi connectivity index (χ3n) is 5.28. The van der Waals surface area contributed by atoms with Crippen molar-refractivity contribution < 1.29 is 19.7 Å². The van der Waals surface area contributed by atoms with Crippen LogP contribution in [0.5, 0.6) is 5.75 Å². The van der Waals surface area contributed by atoms with E-state index in [0.717, 1.165) is 17.5 Å². The fourth-order valence-corrected chi connectivity index (χ4v) is 3.50. The molecule has 4 nitrogen and oxygen atoms in total. The summed E-state index contributed by atoms with van der Waals surface area (Å²) in [7, 11) is 0. The zero-order valence-corrected chi connectivity index (χ0v) is 16.6. The smallest absolute Gasteiger partial charge is 0.119 e. The van der Waals surface area contributed by atoms with Crippen LogP contribution in [0.2, 0.25) is 0 Å². The topological polar surface area (TPSA) is 58.9 Å². The fourth-order valence-electron chi connectivity index (χ4n) is 3.50. The standard InChI is InChI=1S/C24H30O4/c1-17(2)24(26)19-9-6-10-21(13-19)28-16-22-20(11-12-23(22)25)15-27-14-18-7-4-3-5-8-18/h3-10,12-13,17,20,22,24-26H,11,14-16H2,1-2H3/t20-,22-,24?/m1/s1. The van der Waals surface area contributed by atoms with Gasteiger partial charge < -0.3 is 19.7 Å². The van der Waals surface area contributed by atoms with Gasteiger partial charge in [-0.2, -0.15) is 0 Å². The molecule has 0 bridgehead atoms. The largest absolute Gasteiger partial charge is 0.512 e. The van der Waals surface area contributed by atoms with E-state index in [2.05, 4.69) is 0 Å². The molecule has 0 aromatic heterocycles. The van der Waals surface area contributed by atoms with Gasteiger partial charge in [-0.25, -0.2) is 0 Å². The summed E-state index contributed by atoms with van der Waals surface area (Å²) in [5, 5.41) is 20.5. The van der Waals surface area contributed by atoms with E-state index in [4.69, 9.17) is 9.47 Å². The molecule has 1 aliphatic rings. The maximum atomic E-state index is 10.3. The SMILES string of the molecule is CC(C)C(O)c1cccc(OC[C@H]2C(O)=CC[C@@H]2COCc2ccccc2)c1. The van der Waals surface area contributed by atoms with E-state index >= 15 is 0 Å². The molecule has 0 heterocycles. The van der Waals surface area contributed by atoms with Crippen LogP contribution in [0.15, 0.2) is 66.4 Å². The second-order valence-corrected chi connectivity index (χ2v) is 7.80.